The number of rotatable bonds is 4. The smallest absolute Gasteiger partial charge is 0.269 e. The quantitative estimate of drug-likeness (QED) is 0.558. The highest BCUT2D eigenvalue weighted by Crippen LogP contribution is 2.41. The third kappa shape index (κ3) is 3.67. The van der Waals surface area contributed by atoms with Crippen LogP contribution in [0.15, 0.2) is 41.5 Å². The number of nitro groups is 1. The van der Waals surface area contributed by atoms with Gasteiger partial charge in [-0.1, -0.05) is 23.2 Å². The summed E-state index contributed by atoms with van der Waals surface area (Å²) in [7, 11) is 1.43. The molecule has 2 aromatic rings. The Bertz CT molecular complexity index is 946. The number of amides is 1. The summed E-state index contributed by atoms with van der Waals surface area (Å²) in [4.78, 5) is 22.4. The van der Waals surface area contributed by atoms with Crippen molar-refractivity contribution in [3.8, 4) is 5.75 Å². The number of carbonyl (C=O) groups is 1. The zero-order valence-electron chi connectivity index (χ0n) is 14.2. The SMILES string of the molecule is COc1c(Cl)cc(Cl)cc1[C@@H]1OC(c2ccc([N+](=O)[O-])cc2)=NN1C(C)=O. The van der Waals surface area contributed by atoms with E-state index in [-0.39, 0.29) is 22.5 Å². The zero-order valence-corrected chi connectivity index (χ0v) is 15.7. The molecule has 140 valence electrons. The fraction of sp³-hybridized carbons (Fsp3) is 0.176. The molecule has 1 heterocycles. The standard InChI is InChI=1S/C17H13Cl2N3O5/c1-9(23)21-17(13-7-11(18)8-14(19)15(13)26-2)27-16(20-21)10-3-5-12(6-4-10)22(24)25/h3-8,17H,1-2H3/t17-/m0/s1. The third-order valence-electron chi connectivity index (χ3n) is 3.80. The molecule has 0 bridgehead atoms. The molecular formula is C17H13Cl2N3O5. The lowest BCUT2D eigenvalue weighted by Gasteiger charge is -2.22. The number of nitro benzene ring substituents is 1. The Labute approximate surface area is 164 Å². The highest BCUT2D eigenvalue weighted by atomic mass is 35.5. The lowest BCUT2D eigenvalue weighted by molar-refractivity contribution is -0.384. The molecule has 0 N–H and O–H groups in total. The monoisotopic (exact) mass is 409 g/mol. The van der Waals surface area contributed by atoms with Gasteiger partial charge in [0.15, 0.2) is 0 Å². The van der Waals surface area contributed by atoms with Crippen molar-refractivity contribution in [2.45, 2.75) is 13.2 Å². The van der Waals surface area contributed by atoms with Gasteiger partial charge in [0, 0.05) is 29.6 Å². The molecular weight excluding hydrogens is 397 g/mol. The second-order valence-electron chi connectivity index (χ2n) is 5.55. The molecule has 3 rings (SSSR count). The topological polar surface area (TPSA) is 94.3 Å². The number of hydrogen-bond acceptors (Lipinski definition) is 6. The summed E-state index contributed by atoms with van der Waals surface area (Å²) in [5.74, 6) is 0.0516. The molecule has 0 spiro atoms. The normalized spacial score (nSPS) is 15.9. The molecule has 0 fully saturated rings. The number of ether oxygens (including phenoxy) is 2. The third-order valence-corrected chi connectivity index (χ3v) is 4.30. The average Bonchev–Trinajstić information content (AvgIpc) is 3.06. The molecule has 0 saturated heterocycles. The van der Waals surface area contributed by atoms with Gasteiger partial charge in [0.25, 0.3) is 5.69 Å². The fourth-order valence-electron chi connectivity index (χ4n) is 2.59. The van der Waals surface area contributed by atoms with Gasteiger partial charge >= 0.3 is 0 Å². The minimum absolute atomic E-state index is 0.0689. The van der Waals surface area contributed by atoms with Crippen LogP contribution in [-0.2, 0) is 9.53 Å². The summed E-state index contributed by atoms with van der Waals surface area (Å²) in [5.41, 5.74) is 0.827. The molecule has 1 amide bonds. The Morgan fingerprint density at radius 2 is 1.96 bits per heavy atom. The van der Waals surface area contributed by atoms with Gasteiger partial charge in [-0.3, -0.25) is 14.9 Å². The number of benzene rings is 2. The first-order valence-electron chi connectivity index (χ1n) is 7.64. The van der Waals surface area contributed by atoms with Gasteiger partial charge in [-0.2, -0.15) is 5.01 Å². The van der Waals surface area contributed by atoms with Crippen LogP contribution >= 0.6 is 23.2 Å². The number of halogens is 2. The Morgan fingerprint density at radius 1 is 1.30 bits per heavy atom. The maximum Gasteiger partial charge on any atom is 0.269 e. The second kappa shape index (κ2) is 7.42. The first-order chi connectivity index (χ1) is 12.8. The summed E-state index contributed by atoms with van der Waals surface area (Å²) in [6, 6.07) is 8.70. The lowest BCUT2D eigenvalue weighted by Crippen LogP contribution is -2.25. The van der Waals surface area contributed by atoms with Crippen molar-refractivity contribution in [3.05, 3.63) is 67.7 Å². The molecule has 27 heavy (non-hydrogen) atoms. The second-order valence-corrected chi connectivity index (χ2v) is 6.40. The molecule has 0 unspecified atom stereocenters. The van der Waals surface area contributed by atoms with Crippen molar-refractivity contribution >= 4 is 40.7 Å². The van der Waals surface area contributed by atoms with E-state index in [1.165, 1.54) is 44.4 Å². The maximum absolute atomic E-state index is 12.1. The van der Waals surface area contributed by atoms with Gasteiger partial charge in [-0.25, -0.2) is 0 Å². The van der Waals surface area contributed by atoms with Crippen LogP contribution in [0.1, 0.15) is 24.3 Å². The van der Waals surface area contributed by atoms with Crippen molar-refractivity contribution < 1.29 is 19.2 Å². The van der Waals surface area contributed by atoms with Gasteiger partial charge in [0.2, 0.25) is 18.0 Å². The summed E-state index contributed by atoms with van der Waals surface area (Å²) in [6.07, 6.45) is -0.946. The van der Waals surface area contributed by atoms with Crippen molar-refractivity contribution in [2.24, 2.45) is 5.10 Å². The van der Waals surface area contributed by atoms with Gasteiger partial charge in [-0.05, 0) is 24.3 Å². The predicted octanol–water partition coefficient (Wildman–Crippen LogP) is 4.15. The number of nitrogens with zero attached hydrogens (tertiary/aromatic N) is 3. The molecule has 0 radical (unpaired) electrons. The van der Waals surface area contributed by atoms with Gasteiger partial charge in [0.1, 0.15) is 5.75 Å². The number of methoxy groups -OCH3 is 1. The van der Waals surface area contributed by atoms with E-state index < -0.39 is 11.2 Å². The Balaban J connectivity index is 2.00. The highest BCUT2D eigenvalue weighted by Gasteiger charge is 2.36. The van der Waals surface area contributed by atoms with Crippen LogP contribution in [0.25, 0.3) is 0 Å². The van der Waals surface area contributed by atoms with Crippen LogP contribution in [0.3, 0.4) is 0 Å². The molecule has 8 nitrogen and oxygen atoms in total. The summed E-state index contributed by atoms with van der Waals surface area (Å²) >= 11 is 12.3. The van der Waals surface area contributed by atoms with Crippen molar-refractivity contribution in [2.75, 3.05) is 7.11 Å². The van der Waals surface area contributed by atoms with E-state index in [1.807, 2.05) is 0 Å². The Hall–Kier alpha value is -2.84. The predicted molar refractivity (Wildman–Crippen MR) is 99.0 cm³/mol. The minimum Gasteiger partial charge on any atom is -0.495 e. The first kappa shape index (κ1) is 18.9. The number of non-ortho nitro benzene ring substituents is 1. The minimum atomic E-state index is -0.946. The summed E-state index contributed by atoms with van der Waals surface area (Å²) in [6.45, 7) is 1.33. The van der Waals surface area contributed by atoms with E-state index in [2.05, 4.69) is 5.10 Å². The van der Waals surface area contributed by atoms with Gasteiger partial charge in [-0.15, -0.1) is 5.10 Å². The first-order valence-corrected chi connectivity index (χ1v) is 8.40. The molecule has 10 heteroatoms. The van der Waals surface area contributed by atoms with E-state index in [9.17, 15) is 14.9 Å². The lowest BCUT2D eigenvalue weighted by atomic mass is 10.1. The zero-order chi connectivity index (χ0) is 19.7. The van der Waals surface area contributed by atoms with E-state index in [4.69, 9.17) is 32.7 Å². The van der Waals surface area contributed by atoms with Crippen molar-refractivity contribution in [3.63, 3.8) is 0 Å². The van der Waals surface area contributed by atoms with Gasteiger partial charge < -0.3 is 9.47 Å². The maximum atomic E-state index is 12.1. The van der Waals surface area contributed by atoms with Crippen molar-refractivity contribution in [1.29, 1.82) is 0 Å². The average molecular weight is 410 g/mol. The molecule has 0 aliphatic carbocycles. The molecule has 1 aliphatic heterocycles. The summed E-state index contributed by atoms with van der Waals surface area (Å²) in [5, 5.41) is 16.7. The Kier molecular flexibility index (Phi) is 5.20. The van der Waals surface area contributed by atoms with E-state index in [0.717, 1.165) is 5.01 Å². The molecule has 1 atom stereocenters. The fourth-order valence-corrected chi connectivity index (χ4v) is 3.18. The number of hydrazone groups is 1. The highest BCUT2D eigenvalue weighted by molar-refractivity contribution is 6.35. The molecule has 0 saturated carbocycles. The van der Waals surface area contributed by atoms with Gasteiger partial charge in [0.05, 0.1) is 22.6 Å². The van der Waals surface area contributed by atoms with Crippen LogP contribution in [-0.4, -0.2) is 28.8 Å². The number of carbonyl (C=O) groups excluding carboxylic acids is 1. The van der Waals surface area contributed by atoms with Crippen LogP contribution in [0.4, 0.5) is 5.69 Å². The van der Waals surface area contributed by atoms with Crippen LogP contribution < -0.4 is 4.74 Å². The molecule has 0 aromatic heterocycles. The van der Waals surface area contributed by atoms with Crippen molar-refractivity contribution in [1.82, 2.24) is 5.01 Å². The van der Waals surface area contributed by atoms with Crippen LogP contribution in [0, 0.1) is 10.1 Å². The number of hydrogen-bond donors (Lipinski definition) is 0. The van der Waals surface area contributed by atoms with E-state index in [1.54, 1.807) is 6.07 Å². The Morgan fingerprint density at radius 3 is 2.52 bits per heavy atom. The van der Waals surface area contributed by atoms with Crippen LogP contribution in [0.5, 0.6) is 5.75 Å². The summed E-state index contributed by atoms with van der Waals surface area (Å²) < 4.78 is 11.2. The molecule has 2 aromatic carbocycles. The van der Waals surface area contributed by atoms with Crippen LogP contribution in [0.2, 0.25) is 10.0 Å². The van der Waals surface area contributed by atoms with E-state index in [0.29, 0.717) is 21.9 Å². The molecule has 1 aliphatic rings. The van der Waals surface area contributed by atoms with E-state index >= 15 is 0 Å². The largest absolute Gasteiger partial charge is 0.495 e.